The van der Waals surface area contributed by atoms with Crippen molar-refractivity contribution in [3.05, 3.63) is 18.2 Å². The fourth-order valence-electron chi connectivity index (χ4n) is 2.71. The minimum Gasteiger partial charge on any atom is -0.489 e. The molecule has 2 aliphatic rings. The van der Waals surface area contributed by atoms with Crippen molar-refractivity contribution in [2.75, 3.05) is 43.1 Å². The van der Waals surface area contributed by atoms with Crippen LogP contribution in [-0.2, 0) is 9.53 Å². The van der Waals surface area contributed by atoms with Gasteiger partial charge in [-0.05, 0) is 12.1 Å². The molecule has 7 nitrogen and oxygen atoms in total. The number of carbonyl (C=O) groups is 2. The number of hydrogen-bond acceptors (Lipinski definition) is 5. The van der Waals surface area contributed by atoms with Gasteiger partial charge in [0.15, 0.2) is 0 Å². The van der Waals surface area contributed by atoms with Crippen LogP contribution in [0.2, 0.25) is 0 Å². The van der Waals surface area contributed by atoms with Crippen LogP contribution in [0.4, 0.5) is 16.2 Å². The van der Waals surface area contributed by atoms with Crippen molar-refractivity contribution in [2.45, 2.75) is 19.4 Å². The molecule has 1 aromatic rings. The first-order valence-corrected chi connectivity index (χ1v) is 7.81. The molecule has 0 radical (unpaired) electrons. The zero-order valence-electron chi connectivity index (χ0n) is 13.8. The fraction of sp³-hybridized carbons (Fsp3) is 0.500. The lowest BCUT2D eigenvalue weighted by atomic mass is 10.2. The second kappa shape index (κ2) is 7.61. The van der Waals surface area contributed by atoms with E-state index in [2.05, 4.69) is 10.2 Å². The maximum absolute atomic E-state index is 12.1. The summed E-state index contributed by atoms with van der Waals surface area (Å²) in [5.74, 6) is 0.719. The van der Waals surface area contributed by atoms with E-state index in [4.69, 9.17) is 9.47 Å². The largest absolute Gasteiger partial charge is 0.489 e. The zero-order chi connectivity index (χ0) is 16.4. The van der Waals surface area contributed by atoms with Gasteiger partial charge in [0, 0.05) is 19.5 Å². The first-order chi connectivity index (χ1) is 11.1. The Morgan fingerprint density at radius 3 is 2.96 bits per heavy atom. The van der Waals surface area contributed by atoms with Gasteiger partial charge in [-0.1, -0.05) is 6.92 Å². The van der Waals surface area contributed by atoms with Crippen molar-refractivity contribution in [1.82, 2.24) is 5.32 Å². The molecule has 0 saturated carbocycles. The van der Waals surface area contributed by atoms with E-state index in [1.54, 1.807) is 11.8 Å². The average Bonchev–Trinajstić information content (AvgIpc) is 2.93. The number of amides is 2. The predicted octanol–water partition coefficient (Wildman–Crippen LogP) is 1.79. The third-order valence-electron chi connectivity index (χ3n) is 4.07. The molecule has 0 aromatic heterocycles. The molecule has 2 amide bonds. The van der Waals surface area contributed by atoms with Crippen molar-refractivity contribution in [3.8, 4) is 5.75 Å². The highest BCUT2D eigenvalue weighted by Crippen LogP contribution is 2.35. The minimum absolute atomic E-state index is 0. The van der Waals surface area contributed by atoms with Crippen LogP contribution in [0.1, 0.15) is 13.3 Å². The van der Waals surface area contributed by atoms with Crippen molar-refractivity contribution in [2.24, 2.45) is 0 Å². The Labute approximate surface area is 147 Å². The smallest absolute Gasteiger partial charge is 0.414 e. The molecule has 2 aliphatic heterocycles. The van der Waals surface area contributed by atoms with E-state index in [1.165, 1.54) is 0 Å². The number of hydrogen-bond donors (Lipinski definition) is 1. The molecule has 132 valence electrons. The third-order valence-corrected chi connectivity index (χ3v) is 4.07. The van der Waals surface area contributed by atoms with Crippen molar-refractivity contribution in [1.29, 1.82) is 0 Å². The van der Waals surface area contributed by atoms with Crippen LogP contribution in [0.15, 0.2) is 18.2 Å². The number of carbonyl (C=O) groups excluding carboxylic acids is 2. The number of benzene rings is 1. The lowest BCUT2D eigenvalue weighted by Gasteiger charge is -2.28. The summed E-state index contributed by atoms with van der Waals surface area (Å²) < 4.78 is 11.0. The highest BCUT2D eigenvalue weighted by Gasteiger charge is 2.33. The Kier molecular flexibility index (Phi) is 5.77. The standard InChI is InChI=1S/C16H21N3O4.ClH/c1-3-15(20)17-9-12-10-19(16(21)23-12)11-4-5-13-14(8-11)22-7-6-18(13)2;/h4-5,8,12H,3,6-7,9-10H2,1-2H3,(H,17,20);1H/t12-;/m0./s1. The number of likely N-dealkylation sites (N-methyl/N-ethyl adjacent to an activating group) is 1. The van der Waals surface area contributed by atoms with E-state index in [0.717, 1.165) is 23.7 Å². The van der Waals surface area contributed by atoms with E-state index in [1.807, 2.05) is 25.2 Å². The Hall–Kier alpha value is -2.15. The summed E-state index contributed by atoms with van der Waals surface area (Å²) in [5, 5.41) is 2.75. The molecule has 1 fully saturated rings. The lowest BCUT2D eigenvalue weighted by molar-refractivity contribution is -0.121. The van der Waals surface area contributed by atoms with Gasteiger partial charge in [0.2, 0.25) is 5.91 Å². The zero-order valence-corrected chi connectivity index (χ0v) is 14.6. The molecule has 3 rings (SSSR count). The van der Waals surface area contributed by atoms with Gasteiger partial charge in [0.1, 0.15) is 18.5 Å². The summed E-state index contributed by atoms with van der Waals surface area (Å²) in [4.78, 5) is 27.1. The van der Waals surface area contributed by atoms with E-state index in [-0.39, 0.29) is 24.4 Å². The molecule has 1 aromatic carbocycles. The fourth-order valence-corrected chi connectivity index (χ4v) is 2.71. The van der Waals surface area contributed by atoms with Crippen molar-refractivity contribution < 1.29 is 19.1 Å². The number of rotatable bonds is 4. The number of nitrogens with one attached hydrogen (secondary N) is 1. The Morgan fingerprint density at radius 2 is 2.21 bits per heavy atom. The molecule has 8 heteroatoms. The number of fused-ring (bicyclic) bond motifs is 1. The summed E-state index contributed by atoms with van der Waals surface area (Å²) in [6.45, 7) is 4.00. The summed E-state index contributed by atoms with van der Waals surface area (Å²) in [5.41, 5.74) is 1.76. The summed E-state index contributed by atoms with van der Waals surface area (Å²) in [6, 6.07) is 5.70. The molecule has 1 saturated heterocycles. The van der Waals surface area contributed by atoms with Crippen LogP contribution in [-0.4, -0.2) is 51.4 Å². The average molecular weight is 356 g/mol. The number of anilines is 2. The third kappa shape index (κ3) is 3.67. The van der Waals surface area contributed by atoms with Crippen LogP contribution < -0.4 is 19.9 Å². The van der Waals surface area contributed by atoms with Crippen LogP contribution in [0, 0.1) is 0 Å². The van der Waals surface area contributed by atoms with Crippen LogP contribution in [0.25, 0.3) is 0 Å². The maximum Gasteiger partial charge on any atom is 0.414 e. The van der Waals surface area contributed by atoms with Gasteiger partial charge in [-0.15, -0.1) is 12.4 Å². The highest BCUT2D eigenvalue weighted by atomic mass is 35.5. The van der Waals surface area contributed by atoms with Gasteiger partial charge >= 0.3 is 6.09 Å². The minimum atomic E-state index is -0.398. The summed E-state index contributed by atoms with van der Waals surface area (Å²) in [7, 11) is 2.01. The van der Waals surface area contributed by atoms with Gasteiger partial charge < -0.3 is 19.7 Å². The second-order valence-corrected chi connectivity index (χ2v) is 5.70. The normalized spacial score (nSPS) is 19.1. The molecular formula is C16H22ClN3O4. The molecule has 0 unspecified atom stereocenters. The Bertz CT molecular complexity index is 625. The monoisotopic (exact) mass is 355 g/mol. The van der Waals surface area contributed by atoms with Gasteiger partial charge in [-0.25, -0.2) is 4.79 Å². The van der Waals surface area contributed by atoms with Crippen molar-refractivity contribution in [3.63, 3.8) is 0 Å². The van der Waals surface area contributed by atoms with Gasteiger partial charge in [-0.2, -0.15) is 0 Å². The van der Waals surface area contributed by atoms with Crippen molar-refractivity contribution >= 4 is 35.8 Å². The number of ether oxygens (including phenoxy) is 2. The number of cyclic esters (lactones) is 1. The van der Waals surface area contributed by atoms with Gasteiger partial charge in [-0.3, -0.25) is 9.69 Å². The van der Waals surface area contributed by atoms with Gasteiger partial charge in [0.05, 0.1) is 31.0 Å². The molecule has 1 N–H and O–H groups in total. The van der Waals surface area contributed by atoms with Gasteiger partial charge in [0.25, 0.3) is 0 Å². The first-order valence-electron chi connectivity index (χ1n) is 7.81. The van der Waals surface area contributed by atoms with Crippen LogP contribution in [0.3, 0.4) is 0 Å². The van der Waals surface area contributed by atoms with E-state index in [9.17, 15) is 9.59 Å². The summed E-state index contributed by atoms with van der Waals surface area (Å²) in [6.07, 6.45) is -0.317. The summed E-state index contributed by atoms with van der Waals surface area (Å²) >= 11 is 0. The van der Waals surface area contributed by atoms with E-state index in [0.29, 0.717) is 26.1 Å². The quantitative estimate of drug-likeness (QED) is 0.891. The van der Waals surface area contributed by atoms with Crippen LogP contribution >= 0.6 is 12.4 Å². The highest BCUT2D eigenvalue weighted by molar-refractivity contribution is 5.90. The molecule has 0 bridgehead atoms. The number of nitrogens with zero attached hydrogens (tertiary/aromatic N) is 2. The Balaban J connectivity index is 0.00000208. The van der Waals surface area contributed by atoms with E-state index >= 15 is 0 Å². The SMILES string of the molecule is CCC(=O)NC[C@H]1CN(c2ccc3c(c2)OCCN3C)C(=O)O1.Cl. The lowest BCUT2D eigenvalue weighted by Crippen LogP contribution is -2.34. The molecule has 24 heavy (non-hydrogen) atoms. The molecule has 1 atom stereocenters. The van der Waals surface area contributed by atoms with Crippen LogP contribution in [0.5, 0.6) is 5.75 Å². The molecule has 2 heterocycles. The van der Waals surface area contributed by atoms with E-state index < -0.39 is 6.09 Å². The maximum atomic E-state index is 12.1. The number of halogens is 1. The molecule has 0 spiro atoms. The molecular weight excluding hydrogens is 334 g/mol. The predicted molar refractivity (Wildman–Crippen MR) is 93.4 cm³/mol. The first kappa shape index (κ1) is 18.2. The Morgan fingerprint density at radius 1 is 1.42 bits per heavy atom. The second-order valence-electron chi connectivity index (χ2n) is 5.70. The molecule has 0 aliphatic carbocycles. The topological polar surface area (TPSA) is 71.1 Å².